The van der Waals surface area contributed by atoms with Gasteiger partial charge in [0.15, 0.2) is 5.03 Å². The first-order chi connectivity index (χ1) is 19.7. The van der Waals surface area contributed by atoms with Gasteiger partial charge >= 0.3 is 13.1 Å². The summed E-state index contributed by atoms with van der Waals surface area (Å²) in [4.78, 5) is 52.4. The van der Waals surface area contributed by atoms with E-state index in [1.165, 1.54) is 7.11 Å². The zero-order valence-corrected chi connectivity index (χ0v) is 25.9. The van der Waals surface area contributed by atoms with Crippen molar-refractivity contribution in [2.45, 2.75) is 110 Å². The highest BCUT2D eigenvalue weighted by atomic mass is 16.7. The van der Waals surface area contributed by atoms with Crippen LogP contribution in [-0.2, 0) is 28.4 Å². The van der Waals surface area contributed by atoms with Gasteiger partial charge in [0.25, 0.3) is 5.96 Å². The normalized spacial score (nSPS) is 27.5. The summed E-state index contributed by atoms with van der Waals surface area (Å²) in [5.74, 6) is -0.928. The van der Waals surface area contributed by atoms with Crippen LogP contribution in [-0.4, -0.2) is 67.1 Å². The maximum Gasteiger partial charge on any atom is 0.481 e. The second kappa shape index (κ2) is 14.2. The van der Waals surface area contributed by atoms with Crippen LogP contribution in [0.5, 0.6) is 0 Å². The van der Waals surface area contributed by atoms with Crippen molar-refractivity contribution in [2.24, 2.45) is 39.8 Å². The Kier molecular flexibility index (Phi) is 11.4. The van der Waals surface area contributed by atoms with Gasteiger partial charge in [-0.25, -0.2) is 15.1 Å². The Balaban J connectivity index is 1.68. The largest absolute Gasteiger partial charge is 0.481 e. The van der Waals surface area contributed by atoms with E-state index < -0.39 is 29.6 Å². The molecule has 3 aliphatic carbocycles. The van der Waals surface area contributed by atoms with Crippen molar-refractivity contribution in [3.05, 3.63) is 10.1 Å². The molecule has 0 aromatic heterocycles. The Labute approximate surface area is 248 Å². The van der Waals surface area contributed by atoms with Crippen molar-refractivity contribution in [3.8, 4) is 0 Å². The number of guanidine groups is 1. The number of Topliss-reactive ketones (excluding diaryl/α,β-unsaturated/α-hetero) is 1. The van der Waals surface area contributed by atoms with Crippen molar-refractivity contribution in [1.29, 1.82) is 0 Å². The molecule has 14 heteroatoms. The van der Waals surface area contributed by atoms with Crippen LogP contribution < -0.4 is 16.5 Å². The molecule has 1 heterocycles. The van der Waals surface area contributed by atoms with Gasteiger partial charge in [0, 0.05) is 31.7 Å². The van der Waals surface area contributed by atoms with E-state index in [9.17, 15) is 24.5 Å². The molecule has 0 spiro atoms. The lowest BCUT2D eigenvalue weighted by atomic mass is 9.43. The highest BCUT2D eigenvalue weighted by molar-refractivity contribution is 6.47. The molecule has 4 fully saturated rings. The molecule has 4 rings (SSSR count). The van der Waals surface area contributed by atoms with Crippen LogP contribution in [0.4, 0.5) is 0 Å². The standard InChI is InChI=1S/C28H48BN5O8/c1-17(2)13-23(29-41-22-16-19-15-21(27(19,3)4)28(22,5)42-29)32-25(37)18(9-8-12-31-26(30)33-34(38)39)14-20(35)10-7-11-24(36)40-6/h17-19,21-23H,7-16H2,1-6H3,(H,32,37)(H3,30,31,33)/t18-,19-,21-,22-,23+,28+/m1/s1. The maximum atomic E-state index is 13.7. The average molecular weight is 594 g/mol. The van der Waals surface area contributed by atoms with Crippen molar-refractivity contribution >= 4 is 30.7 Å². The molecule has 42 heavy (non-hydrogen) atoms. The Morgan fingerprint density at radius 1 is 1.19 bits per heavy atom. The topological polar surface area (TPSA) is 184 Å². The van der Waals surface area contributed by atoms with E-state index in [0.29, 0.717) is 37.5 Å². The highest BCUT2D eigenvalue weighted by Crippen LogP contribution is 2.65. The van der Waals surface area contributed by atoms with Crippen LogP contribution in [0.3, 0.4) is 0 Å². The molecule has 4 N–H and O–H groups in total. The predicted molar refractivity (Wildman–Crippen MR) is 156 cm³/mol. The number of ketones is 1. The van der Waals surface area contributed by atoms with Gasteiger partial charge in [0.1, 0.15) is 5.78 Å². The minimum absolute atomic E-state index is 0.00157. The maximum absolute atomic E-state index is 13.7. The third kappa shape index (κ3) is 8.21. The number of hydrogen-bond donors (Lipinski definition) is 3. The van der Waals surface area contributed by atoms with Gasteiger partial charge in [0.05, 0.1) is 24.8 Å². The molecule has 3 saturated carbocycles. The van der Waals surface area contributed by atoms with E-state index >= 15 is 0 Å². The highest BCUT2D eigenvalue weighted by Gasteiger charge is 2.68. The van der Waals surface area contributed by atoms with E-state index in [2.05, 4.69) is 49.7 Å². The molecular weight excluding hydrogens is 545 g/mol. The van der Waals surface area contributed by atoms with Crippen LogP contribution in [0.15, 0.2) is 4.99 Å². The monoisotopic (exact) mass is 593 g/mol. The Morgan fingerprint density at radius 2 is 1.90 bits per heavy atom. The van der Waals surface area contributed by atoms with Crippen molar-refractivity contribution < 1.29 is 33.5 Å². The first-order valence-corrected chi connectivity index (χ1v) is 15.1. The number of methoxy groups -OCH3 is 1. The van der Waals surface area contributed by atoms with Gasteiger partial charge in [-0.05, 0) is 68.6 Å². The SMILES string of the molecule is COC(=O)CCCC(=O)C[C@@H](CCCN=C(N)N[N+](=O)[O-])C(=O)N[C@@H](CC(C)C)B1O[C@@H]2C[C@H]3C[C@H](C3(C)C)[C@]2(C)O1. The Bertz CT molecular complexity index is 1040. The number of esters is 1. The predicted octanol–water partition coefficient (Wildman–Crippen LogP) is 2.58. The van der Waals surface area contributed by atoms with E-state index in [1.54, 1.807) is 5.43 Å². The number of nitrogens with two attached hydrogens (primary N) is 1. The number of amides is 1. The number of nitrogens with zero attached hydrogens (tertiary/aromatic N) is 2. The lowest BCUT2D eigenvalue weighted by Gasteiger charge is -2.64. The number of ether oxygens (including phenoxy) is 1. The number of hydrazine groups is 1. The lowest BCUT2D eigenvalue weighted by molar-refractivity contribution is -0.525. The van der Waals surface area contributed by atoms with Crippen LogP contribution in [0.2, 0.25) is 0 Å². The number of nitro groups is 1. The average Bonchev–Trinajstić information content (AvgIpc) is 3.26. The van der Waals surface area contributed by atoms with Crippen molar-refractivity contribution in [2.75, 3.05) is 13.7 Å². The van der Waals surface area contributed by atoms with Crippen molar-refractivity contribution in [1.82, 2.24) is 10.7 Å². The van der Waals surface area contributed by atoms with Gasteiger partial charge in [-0.3, -0.25) is 14.4 Å². The zero-order chi connectivity index (χ0) is 31.2. The molecule has 2 bridgehead atoms. The summed E-state index contributed by atoms with van der Waals surface area (Å²) in [7, 11) is 0.710. The number of carbonyl (C=O) groups excluding carboxylic acids is 3. The number of aliphatic imine (C=N–C) groups is 1. The lowest BCUT2D eigenvalue weighted by Crippen LogP contribution is -2.65. The van der Waals surface area contributed by atoms with Crippen LogP contribution >= 0.6 is 0 Å². The first kappa shape index (κ1) is 33.8. The van der Waals surface area contributed by atoms with E-state index in [-0.39, 0.29) is 66.9 Å². The second-order valence-corrected chi connectivity index (χ2v) is 13.2. The number of hydrogen-bond acceptors (Lipinski definition) is 9. The van der Waals surface area contributed by atoms with Crippen LogP contribution in [0.1, 0.15) is 92.4 Å². The minimum atomic E-state index is -0.801. The molecule has 236 valence electrons. The molecule has 0 unspecified atom stereocenters. The molecule has 0 radical (unpaired) electrons. The third-order valence-corrected chi connectivity index (χ3v) is 9.46. The quantitative estimate of drug-likeness (QED) is 0.0457. The summed E-state index contributed by atoms with van der Waals surface area (Å²) in [6, 6.07) is 0. The molecular formula is C28H48BN5O8. The second-order valence-electron chi connectivity index (χ2n) is 13.2. The molecule has 6 atom stereocenters. The summed E-state index contributed by atoms with van der Waals surface area (Å²) in [6.07, 6.45) is 4.02. The fourth-order valence-corrected chi connectivity index (χ4v) is 7.02. The number of nitrogens with one attached hydrogen (secondary N) is 2. The summed E-state index contributed by atoms with van der Waals surface area (Å²) >= 11 is 0. The van der Waals surface area contributed by atoms with Crippen molar-refractivity contribution in [3.63, 3.8) is 0 Å². The summed E-state index contributed by atoms with van der Waals surface area (Å²) in [5, 5.41) is 12.9. The molecule has 13 nitrogen and oxygen atoms in total. The van der Waals surface area contributed by atoms with E-state index in [4.69, 9.17) is 15.0 Å². The zero-order valence-electron chi connectivity index (χ0n) is 25.9. The third-order valence-electron chi connectivity index (χ3n) is 9.46. The smallest absolute Gasteiger partial charge is 0.469 e. The summed E-state index contributed by atoms with van der Waals surface area (Å²) in [6.45, 7) is 11.0. The first-order valence-electron chi connectivity index (χ1n) is 15.1. The Morgan fingerprint density at radius 3 is 2.52 bits per heavy atom. The van der Waals surface area contributed by atoms with Crippen LogP contribution in [0, 0.1) is 39.2 Å². The summed E-state index contributed by atoms with van der Waals surface area (Å²) < 4.78 is 17.8. The molecule has 0 aromatic rings. The van der Waals surface area contributed by atoms with Gasteiger partial charge in [-0.1, -0.05) is 33.1 Å². The van der Waals surface area contributed by atoms with Gasteiger partial charge in [-0.2, -0.15) is 0 Å². The summed E-state index contributed by atoms with van der Waals surface area (Å²) in [5.41, 5.74) is 7.06. The Hall–Kier alpha value is -2.74. The van der Waals surface area contributed by atoms with Gasteiger partial charge < -0.3 is 25.1 Å². The van der Waals surface area contributed by atoms with Gasteiger partial charge in [0.2, 0.25) is 5.91 Å². The molecule has 1 aliphatic heterocycles. The minimum Gasteiger partial charge on any atom is -0.469 e. The van der Waals surface area contributed by atoms with Crippen LogP contribution in [0.25, 0.3) is 0 Å². The number of carbonyl (C=O) groups is 3. The molecule has 1 amide bonds. The molecule has 1 saturated heterocycles. The molecule has 0 aromatic carbocycles. The van der Waals surface area contributed by atoms with Gasteiger partial charge in [-0.15, -0.1) is 0 Å². The fraction of sp³-hybridized carbons (Fsp3) is 0.857. The molecule has 4 aliphatic rings. The van der Waals surface area contributed by atoms with E-state index in [1.807, 2.05) is 0 Å². The number of rotatable bonds is 16. The fourth-order valence-electron chi connectivity index (χ4n) is 7.02. The van der Waals surface area contributed by atoms with E-state index in [0.717, 1.165) is 12.8 Å².